The van der Waals surface area contributed by atoms with Crippen molar-refractivity contribution >= 4 is 33.2 Å². The van der Waals surface area contributed by atoms with Crippen LogP contribution in [0.2, 0.25) is 5.02 Å². The van der Waals surface area contributed by atoms with Gasteiger partial charge in [-0.3, -0.25) is 4.79 Å². The Bertz CT molecular complexity index is 1440. The summed E-state index contributed by atoms with van der Waals surface area (Å²) in [7, 11) is -2.34. The molecule has 2 N–H and O–H groups in total. The van der Waals surface area contributed by atoms with E-state index in [2.05, 4.69) is 21.0 Å². The van der Waals surface area contributed by atoms with Crippen molar-refractivity contribution in [2.24, 2.45) is 17.8 Å². The fraction of sp³-hybridized carbons (Fsp3) is 0.531. The van der Waals surface area contributed by atoms with E-state index in [1.165, 1.54) is 11.6 Å². The van der Waals surface area contributed by atoms with Crippen molar-refractivity contribution in [3.63, 3.8) is 0 Å². The van der Waals surface area contributed by atoms with Crippen molar-refractivity contribution < 1.29 is 22.7 Å². The van der Waals surface area contributed by atoms with Gasteiger partial charge in [-0.2, -0.15) is 0 Å². The van der Waals surface area contributed by atoms with E-state index in [0.717, 1.165) is 69.3 Å². The summed E-state index contributed by atoms with van der Waals surface area (Å²) in [5.41, 5.74) is 2.99. The second-order valence-corrected chi connectivity index (χ2v) is 14.2. The van der Waals surface area contributed by atoms with E-state index in [1.54, 1.807) is 19.2 Å². The molecule has 226 valence electrons. The molecule has 0 aromatic heterocycles. The van der Waals surface area contributed by atoms with E-state index in [4.69, 9.17) is 21.1 Å². The molecule has 4 atom stereocenters. The normalized spacial score (nSPS) is 29.0. The average molecular weight is 614 g/mol. The number of hydrogen-bond donors (Lipinski definition) is 2. The predicted octanol–water partition coefficient (Wildman–Crippen LogP) is 4.85. The number of nitrogens with zero attached hydrogens (tertiary/aromatic N) is 1. The Morgan fingerprint density at radius 2 is 1.86 bits per heavy atom. The molecule has 2 saturated carbocycles. The van der Waals surface area contributed by atoms with Gasteiger partial charge in [0.05, 0.1) is 22.7 Å². The number of carbonyl (C=O) groups is 1. The molecule has 2 aliphatic heterocycles. The Morgan fingerprint density at radius 1 is 1.02 bits per heavy atom. The lowest BCUT2D eigenvalue weighted by Crippen LogP contribution is -2.48. The lowest BCUT2D eigenvalue weighted by molar-refractivity contribution is -0.121. The Balaban J connectivity index is 1.39. The number of amides is 1. The van der Waals surface area contributed by atoms with Crippen LogP contribution in [0.4, 0.5) is 5.69 Å². The van der Waals surface area contributed by atoms with Gasteiger partial charge in [0.1, 0.15) is 12.4 Å². The summed E-state index contributed by atoms with van der Waals surface area (Å²) < 4.78 is 41.8. The average Bonchev–Trinajstić information content (AvgIpc) is 3.79. The lowest BCUT2D eigenvalue weighted by atomic mass is 9.70. The van der Waals surface area contributed by atoms with Gasteiger partial charge in [-0.25, -0.2) is 13.1 Å². The van der Waals surface area contributed by atoms with Crippen molar-refractivity contribution in [2.45, 2.75) is 68.6 Å². The first kappa shape index (κ1) is 29.5. The van der Waals surface area contributed by atoms with Crippen LogP contribution in [0.25, 0.3) is 0 Å². The Morgan fingerprint density at radius 3 is 2.62 bits per heavy atom. The number of rotatable bonds is 2. The molecule has 2 aromatic carbocycles. The summed E-state index contributed by atoms with van der Waals surface area (Å²) in [5, 5.41) is 3.98. The van der Waals surface area contributed by atoms with Gasteiger partial charge in [0.2, 0.25) is 0 Å². The summed E-state index contributed by atoms with van der Waals surface area (Å²) in [5.74, 6) is 1.01. The second kappa shape index (κ2) is 12.6. The highest BCUT2D eigenvalue weighted by atomic mass is 35.5. The Hall–Kier alpha value is -2.59. The third-order valence-electron chi connectivity index (χ3n) is 9.27. The topological polar surface area (TPSA) is 97.0 Å². The molecule has 2 fully saturated rings. The maximum atomic E-state index is 13.6. The summed E-state index contributed by atoms with van der Waals surface area (Å²) in [6.45, 7) is 2.35. The summed E-state index contributed by atoms with van der Waals surface area (Å²) >= 11 is 6.32. The van der Waals surface area contributed by atoms with E-state index >= 15 is 0 Å². The standard InChI is InChI=1S/C32H40ClN3O5S/c1-40-29-6-4-15-34-31(21-7-8-21)32(37)35-42(38,39)26-12-14-30-28(18-26)36(19-23-10-13-27(23)29)16-3-2-5-22-17-25(33)11-9-24(22)20-41-30/h4,6,9,11-12,14,17-18,21,23,27,29,31,34H,2-3,5,7-8,10,13,15-16,19-20H2,1H3,(H,35,37)/b6-4+/t23-,27+,29+,31-/m0/s1. The first-order valence-electron chi connectivity index (χ1n) is 15.1. The summed E-state index contributed by atoms with van der Waals surface area (Å²) in [4.78, 5) is 15.6. The maximum absolute atomic E-state index is 13.6. The van der Waals surface area contributed by atoms with E-state index < -0.39 is 22.0 Å². The third kappa shape index (κ3) is 6.49. The van der Waals surface area contributed by atoms with Crippen molar-refractivity contribution in [3.05, 3.63) is 64.7 Å². The number of ether oxygens (including phenoxy) is 2. The fourth-order valence-electron chi connectivity index (χ4n) is 6.57. The fourth-order valence-corrected chi connectivity index (χ4v) is 7.79. The molecule has 1 amide bonds. The third-order valence-corrected chi connectivity index (χ3v) is 10.9. The molecule has 2 aliphatic carbocycles. The van der Waals surface area contributed by atoms with E-state index in [9.17, 15) is 13.2 Å². The lowest BCUT2D eigenvalue weighted by Gasteiger charge is -2.43. The van der Waals surface area contributed by atoms with Crippen LogP contribution in [-0.4, -0.2) is 53.2 Å². The van der Waals surface area contributed by atoms with Gasteiger partial charge in [0.25, 0.3) is 15.9 Å². The highest BCUT2D eigenvalue weighted by Gasteiger charge is 2.39. The SMILES string of the molecule is CO[C@@H]1/C=C/CN[C@@H](C2CC2)C(=O)NS(=O)(=O)c2ccc3c(c2)N(CCCCc2cc(Cl)ccc2CO3)C[C@@H]2CC[C@H]21. The number of carbonyl (C=O) groups excluding carboxylic acids is 1. The number of halogens is 1. The van der Waals surface area contributed by atoms with Gasteiger partial charge in [0, 0.05) is 31.8 Å². The largest absolute Gasteiger partial charge is 0.487 e. The number of benzene rings is 2. The van der Waals surface area contributed by atoms with Gasteiger partial charge >= 0.3 is 0 Å². The van der Waals surface area contributed by atoms with Crippen LogP contribution in [0.15, 0.2) is 53.4 Å². The molecule has 8 nitrogen and oxygen atoms in total. The molecule has 2 aromatic rings. The second-order valence-electron chi connectivity index (χ2n) is 12.1. The number of aryl methyl sites for hydroxylation is 1. The van der Waals surface area contributed by atoms with Gasteiger partial charge < -0.3 is 19.7 Å². The summed E-state index contributed by atoms with van der Waals surface area (Å²) in [6, 6.07) is 10.3. The predicted molar refractivity (Wildman–Crippen MR) is 163 cm³/mol. The van der Waals surface area contributed by atoms with E-state index in [-0.39, 0.29) is 16.9 Å². The quantitative estimate of drug-likeness (QED) is 0.468. The first-order chi connectivity index (χ1) is 20.3. The Labute approximate surface area is 253 Å². The van der Waals surface area contributed by atoms with Gasteiger partial charge in [-0.05, 0) is 104 Å². The van der Waals surface area contributed by atoms with Crippen LogP contribution < -0.4 is 19.7 Å². The maximum Gasteiger partial charge on any atom is 0.264 e. The van der Waals surface area contributed by atoms with Crippen molar-refractivity contribution in [2.75, 3.05) is 31.6 Å². The molecule has 0 saturated heterocycles. The minimum atomic E-state index is -4.09. The van der Waals surface area contributed by atoms with Crippen LogP contribution in [0.3, 0.4) is 0 Å². The van der Waals surface area contributed by atoms with E-state index in [0.29, 0.717) is 35.8 Å². The van der Waals surface area contributed by atoms with Crippen LogP contribution >= 0.6 is 11.6 Å². The van der Waals surface area contributed by atoms with E-state index in [1.807, 2.05) is 24.3 Å². The molecule has 42 heavy (non-hydrogen) atoms. The first-order valence-corrected chi connectivity index (χ1v) is 17.0. The van der Waals surface area contributed by atoms with Crippen LogP contribution in [0, 0.1) is 17.8 Å². The number of methoxy groups -OCH3 is 1. The van der Waals surface area contributed by atoms with Gasteiger partial charge in [-0.1, -0.05) is 29.8 Å². The number of sulfonamides is 1. The number of nitrogens with one attached hydrogen (secondary N) is 2. The molecule has 4 aliphatic rings. The summed E-state index contributed by atoms with van der Waals surface area (Å²) in [6.07, 6.45) is 10.9. The highest BCUT2D eigenvalue weighted by Crippen LogP contribution is 2.42. The molecule has 10 heteroatoms. The monoisotopic (exact) mass is 613 g/mol. The van der Waals surface area contributed by atoms with Gasteiger partial charge in [-0.15, -0.1) is 0 Å². The van der Waals surface area contributed by atoms with Gasteiger partial charge in [0.15, 0.2) is 0 Å². The minimum Gasteiger partial charge on any atom is -0.487 e. The molecular formula is C32H40ClN3O5S. The van der Waals surface area contributed by atoms with Crippen molar-refractivity contribution in [1.82, 2.24) is 10.0 Å². The molecule has 2 heterocycles. The van der Waals surface area contributed by atoms with Crippen LogP contribution in [-0.2, 0) is 32.6 Å². The zero-order valence-electron chi connectivity index (χ0n) is 24.1. The molecule has 2 bridgehead atoms. The molecule has 0 spiro atoms. The van der Waals surface area contributed by atoms with Crippen molar-refractivity contribution in [1.29, 1.82) is 0 Å². The molecular weight excluding hydrogens is 574 g/mol. The number of anilines is 1. The zero-order chi connectivity index (χ0) is 29.3. The molecule has 0 unspecified atom stereocenters. The van der Waals surface area contributed by atoms with Crippen molar-refractivity contribution in [3.8, 4) is 5.75 Å². The highest BCUT2D eigenvalue weighted by molar-refractivity contribution is 7.90. The molecule has 6 rings (SSSR count). The minimum absolute atomic E-state index is 0.0164. The molecule has 0 radical (unpaired) electrons. The van der Waals surface area contributed by atoms with Crippen LogP contribution in [0.5, 0.6) is 5.75 Å². The van der Waals surface area contributed by atoms with Crippen LogP contribution in [0.1, 0.15) is 49.7 Å². The number of hydrogen-bond acceptors (Lipinski definition) is 7. The zero-order valence-corrected chi connectivity index (χ0v) is 25.6. The smallest absolute Gasteiger partial charge is 0.264 e. The Kier molecular flexibility index (Phi) is 8.82. The number of fused-ring (bicyclic) bond motifs is 3.